The van der Waals surface area contributed by atoms with Crippen molar-refractivity contribution in [1.29, 1.82) is 0 Å². The van der Waals surface area contributed by atoms with Crippen LogP contribution in [0, 0.1) is 12.8 Å². The van der Waals surface area contributed by atoms with Crippen molar-refractivity contribution in [2.75, 3.05) is 25.5 Å². The number of benzene rings is 2. The van der Waals surface area contributed by atoms with Crippen molar-refractivity contribution < 1.29 is 13.2 Å². The van der Waals surface area contributed by atoms with Gasteiger partial charge in [0.05, 0.1) is 17.7 Å². The highest BCUT2D eigenvalue weighted by atomic mass is 32.2. The third kappa shape index (κ3) is 4.76. The second-order valence-corrected chi connectivity index (χ2v) is 10.1. The van der Waals surface area contributed by atoms with Gasteiger partial charge in [-0.1, -0.05) is 19.1 Å². The van der Waals surface area contributed by atoms with Crippen LogP contribution in [0.1, 0.15) is 25.3 Å². The van der Waals surface area contributed by atoms with Crippen LogP contribution < -0.4 is 10.1 Å². The van der Waals surface area contributed by atoms with Gasteiger partial charge in [-0.15, -0.1) is 10.2 Å². The van der Waals surface area contributed by atoms with Crippen LogP contribution >= 0.6 is 0 Å². The summed E-state index contributed by atoms with van der Waals surface area (Å²) in [6, 6.07) is 16.6. The molecule has 0 spiro atoms. The van der Waals surface area contributed by atoms with Crippen molar-refractivity contribution in [3.63, 3.8) is 0 Å². The Balaban J connectivity index is 1.55. The molecule has 2 aromatic carbocycles. The van der Waals surface area contributed by atoms with E-state index in [9.17, 15) is 8.42 Å². The first-order chi connectivity index (χ1) is 15.4. The van der Waals surface area contributed by atoms with Crippen molar-refractivity contribution >= 4 is 21.5 Å². The van der Waals surface area contributed by atoms with Crippen LogP contribution in [-0.2, 0) is 10.0 Å². The fourth-order valence-corrected chi connectivity index (χ4v) is 5.50. The van der Waals surface area contributed by atoms with Crippen molar-refractivity contribution in [1.82, 2.24) is 14.5 Å². The van der Waals surface area contributed by atoms with Gasteiger partial charge in [0, 0.05) is 24.3 Å². The van der Waals surface area contributed by atoms with Crippen molar-refractivity contribution in [2.45, 2.75) is 31.6 Å². The van der Waals surface area contributed by atoms with E-state index in [2.05, 4.69) is 22.4 Å². The summed E-state index contributed by atoms with van der Waals surface area (Å²) in [6.45, 7) is 5.13. The number of hydrogen-bond acceptors (Lipinski definition) is 6. The highest BCUT2D eigenvalue weighted by Gasteiger charge is 2.29. The highest BCUT2D eigenvalue weighted by molar-refractivity contribution is 7.89. The van der Waals surface area contributed by atoms with E-state index in [1.54, 1.807) is 17.5 Å². The molecule has 32 heavy (non-hydrogen) atoms. The van der Waals surface area contributed by atoms with E-state index in [4.69, 9.17) is 4.74 Å². The van der Waals surface area contributed by atoms with Crippen LogP contribution in [0.15, 0.2) is 59.5 Å². The Morgan fingerprint density at radius 2 is 1.72 bits per heavy atom. The predicted octanol–water partition coefficient (Wildman–Crippen LogP) is 4.62. The predicted molar refractivity (Wildman–Crippen MR) is 126 cm³/mol. The van der Waals surface area contributed by atoms with Crippen LogP contribution in [0.2, 0.25) is 0 Å². The van der Waals surface area contributed by atoms with Gasteiger partial charge in [-0.3, -0.25) is 0 Å². The molecule has 0 amide bonds. The van der Waals surface area contributed by atoms with Crippen LogP contribution in [0.3, 0.4) is 0 Å². The van der Waals surface area contributed by atoms with Crippen LogP contribution in [0.4, 0.5) is 11.5 Å². The summed E-state index contributed by atoms with van der Waals surface area (Å²) in [6.07, 6.45) is 1.79. The summed E-state index contributed by atoms with van der Waals surface area (Å²) < 4.78 is 33.3. The van der Waals surface area contributed by atoms with Crippen molar-refractivity contribution in [3.8, 4) is 17.0 Å². The number of aryl methyl sites for hydroxylation is 1. The number of anilines is 2. The van der Waals surface area contributed by atoms with E-state index in [-0.39, 0.29) is 0 Å². The zero-order valence-electron chi connectivity index (χ0n) is 18.6. The largest absolute Gasteiger partial charge is 0.497 e. The molecule has 7 nitrogen and oxygen atoms in total. The number of sulfonamides is 1. The number of ether oxygens (including phenoxy) is 1. The molecule has 3 aromatic rings. The highest BCUT2D eigenvalue weighted by Crippen LogP contribution is 2.29. The molecule has 1 aliphatic rings. The molecule has 0 radical (unpaired) electrons. The van der Waals surface area contributed by atoms with Gasteiger partial charge < -0.3 is 10.1 Å². The fourth-order valence-electron chi connectivity index (χ4n) is 3.78. The lowest BCUT2D eigenvalue weighted by Crippen LogP contribution is -2.38. The molecule has 8 heteroatoms. The summed E-state index contributed by atoms with van der Waals surface area (Å²) in [4.78, 5) is 0.340. The third-order valence-electron chi connectivity index (χ3n) is 5.87. The smallest absolute Gasteiger partial charge is 0.243 e. The Morgan fingerprint density at radius 3 is 2.34 bits per heavy atom. The topological polar surface area (TPSA) is 84.4 Å². The van der Waals surface area contributed by atoms with Gasteiger partial charge in [-0.05, 0) is 73.7 Å². The van der Waals surface area contributed by atoms with Crippen LogP contribution in [0.25, 0.3) is 11.3 Å². The molecule has 0 atom stereocenters. The third-order valence-corrected chi connectivity index (χ3v) is 7.91. The molecule has 1 fully saturated rings. The molecule has 1 saturated heterocycles. The second kappa shape index (κ2) is 9.26. The number of rotatable bonds is 6. The van der Waals surface area contributed by atoms with Crippen LogP contribution in [0.5, 0.6) is 5.75 Å². The van der Waals surface area contributed by atoms with Crippen molar-refractivity contribution in [3.05, 3.63) is 60.2 Å². The van der Waals surface area contributed by atoms with E-state index in [0.29, 0.717) is 35.4 Å². The minimum atomic E-state index is -3.54. The van der Waals surface area contributed by atoms with Gasteiger partial charge in [0.1, 0.15) is 5.75 Å². The van der Waals surface area contributed by atoms with E-state index >= 15 is 0 Å². The van der Waals surface area contributed by atoms with E-state index < -0.39 is 10.0 Å². The van der Waals surface area contributed by atoms with Gasteiger partial charge in [0.15, 0.2) is 5.82 Å². The summed E-state index contributed by atoms with van der Waals surface area (Å²) >= 11 is 0. The molecular formula is C24H28N4O3S. The van der Waals surface area contributed by atoms with Gasteiger partial charge in [-0.2, -0.15) is 4.31 Å². The monoisotopic (exact) mass is 452 g/mol. The van der Waals surface area contributed by atoms with Gasteiger partial charge in [-0.25, -0.2) is 8.42 Å². The molecule has 168 valence electrons. The number of nitrogens with one attached hydrogen (secondary N) is 1. The molecule has 0 aliphatic carbocycles. The Hall–Kier alpha value is -2.97. The molecule has 0 unspecified atom stereocenters. The second-order valence-electron chi connectivity index (χ2n) is 8.22. The lowest BCUT2D eigenvalue weighted by atomic mass is 10.0. The molecule has 0 saturated carbocycles. The summed E-state index contributed by atoms with van der Waals surface area (Å²) in [5.74, 6) is 1.94. The maximum Gasteiger partial charge on any atom is 0.243 e. The summed E-state index contributed by atoms with van der Waals surface area (Å²) in [7, 11) is -1.91. The zero-order valence-corrected chi connectivity index (χ0v) is 19.4. The Morgan fingerprint density at radius 1 is 1.00 bits per heavy atom. The number of aromatic nitrogens is 2. The lowest BCUT2D eigenvalue weighted by molar-refractivity contribution is 0.288. The number of nitrogens with zero attached hydrogens (tertiary/aromatic N) is 3. The minimum Gasteiger partial charge on any atom is -0.497 e. The van der Waals surface area contributed by atoms with E-state index in [1.807, 2.05) is 55.5 Å². The molecule has 1 aliphatic heterocycles. The van der Waals surface area contributed by atoms with Crippen LogP contribution in [-0.4, -0.2) is 43.1 Å². The Kier molecular flexibility index (Phi) is 6.43. The Labute approximate surface area is 189 Å². The minimum absolute atomic E-state index is 0.340. The maximum absolute atomic E-state index is 13.3. The number of hydrogen-bond donors (Lipinski definition) is 1. The lowest BCUT2D eigenvalue weighted by Gasteiger charge is -2.30. The standard InChI is InChI=1S/C24H28N4O3S/c1-17-12-14-28(15-13-17)32(29,30)23-16-19(5-4-18(23)2)22-10-11-24(27-26-22)25-20-6-8-21(31-3)9-7-20/h4-11,16-17H,12-15H2,1-3H3,(H,25,27). The molecule has 0 bridgehead atoms. The summed E-state index contributed by atoms with van der Waals surface area (Å²) in [5.41, 5.74) is 2.95. The maximum atomic E-state index is 13.3. The summed E-state index contributed by atoms with van der Waals surface area (Å²) in [5, 5.41) is 11.8. The fraction of sp³-hybridized carbons (Fsp3) is 0.333. The SMILES string of the molecule is COc1ccc(Nc2ccc(-c3ccc(C)c(S(=O)(=O)N4CCC(C)CC4)c3)nn2)cc1. The van der Waals surface area contributed by atoms with Crippen molar-refractivity contribution in [2.24, 2.45) is 5.92 Å². The average Bonchev–Trinajstić information content (AvgIpc) is 2.81. The molecule has 1 N–H and O–H groups in total. The Bertz CT molecular complexity index is 1170. The molecule has 1 aromatic heterocycles. The first-order valence-corrected chi connectivity index (χ1v) is 12.2. The van der Waals surface area contributed by atoms with Gasteiger partial charge in [0.25, 0.3) is 0 Å². The first kappa shape index (κ1) is 22.2. The van der Waals surface area contributed by atoms with E-state index in [1.165, 1.54) is 0 Å². The average molecular weight is 453 g/mol. The van der Waals surface area contributed by atoms with Gasteiger partial charge >= 0.3 is 0 Å². The molecular weight excluding hydrogens is 424 g/mol. The zero-order chi connectivity index (χ0) is 22.7. The quantitative estimate of drug-likeness (QED) is 0.587. The first-order valence-electron chi connectivity index (χ1n) is 10.7. The normalized spacial score (nSPS) is 15.5. The number of piperidine rings is 1. The molecule has 2 heterocycles. The molecule has 4 rings (SSSR count). The number of methoxy groups -OCH3 is 1. The van der Waals surface area contributed by atoms with Gasteiger partial charge in [0.2, 0.25) is 10.0 Å². The van der Waals surface area contributed by atoms with E-state index in [0.717, 1.165) is 35.4 Å².